The Morgan fingerprint density at radius 3 is 2.38 bits per heavy atom. The minimum absolute atomic E-state index is 0.0346. The molecule has 4 N–H and O–H groups in total. The highest BCUT2D eigenvalue weighted by molar-refractivity contribution is 5.81. The van der Waals surface area contributed by atoms with Crippen LogP contribution in [0.4, 0.5) is 0 Å². The van der Waals surface area contributed by atoms with Crippen molar-refractivity contribution in [1.29, 1.82) is 0 Å². The first-order valence-electron chi connectivity index (χ1n) is 5.29. The van der Waals surface area contributed by atoms with Gasteiger partial charge in [-0.3, -0.25) is 0 Å². The van der Waals surface area contributed by atoms with E-state index in [0.717, 1.165) is 12.0 Å². The van der Waals surface area contributed by atoms with Gasteiger partial charge < -0.3 is 11.5 Å². The van der Waals surface area contributed by atoms with E-state index in [1.165, 1.54) is 5.56 Å². The fourth-order valence-corrected chi connectivity index (χ4v) is 1.37. The van der Waals surface area contributed by atoms with E-state index in [0.29, 0.717) is 5.92 Å². The highest BCUT2D eigenvalue weighted by Gasteiger charge is 1.96. The van der Waals surface area contributed by atoms with Crippen LogP contribution in [0.5, 0.6) is 0 Å². The highest BCUT2D eigenvalue weighted by atomic mass is 15.3. The molecule has 0 spiro atoms. The molecule has 0 saturated heterocycles. The van der Waals surface area contributed by atoms with Crippen molar-refractivity contribution < 1.29 is 0 Å². The van der Waals surface area contributed by atoms with Gasteiger partial charge >= 0.3 is 0 Å². The SMILES string of the molecule is CC(C)Cc1ccc(/C=N/N=C(N)N)cc1. The van der Waals surface area contributed by atoms with Gasteiger partial charge in [0.05, 0.1) is 6.21 Å². The van der Waals surface area contributed by atoms with Crippen molar-refractivity contribution in [3.63, 3.8) is 0 Å². The van der Waals surface area contributed by atoms with Crippen molar-refractivity contribution in [2.75, 3.05) is 0 Å². The topological polar surface area (TPSA) is 76.8 Å². The lowest BCUT2D eigenvalue weighted by atomic mass is 10.0. The number of nitrogens with zero attached hydrogens (tertiary/aromatic N) is 2. The third-order valence-corrected chi connectivity index (χ3v) is 2.00. The van der Waals surface area contributed by atoms with Gasteiger partial charge in [-0.25, -0.2) is 0 Å². The number of hydrogen-bond donors (Lipinski definition) is 2. The smallest absolute Gasteiger partial charge is 0.211 e. The third-order valence-electron chi connectivity index (χ3n) is 2.00. The van der Waals surface area contributed by atoms with Crippen molar-refractivity contribution >= 4 is 12.2 Å². The second-order valence-corrected chi connectivity index (χ2v) is 4.11. The number of guanidine groups is 1. The Labute approximate surface area is 96.1 Å². The summed E-state index contributed by atoms with van der Waals surface area (Å²) < 4.78 is 0. The van der Waals surface area contributed by atoms with Gasteiger partial charge in [-0.05, 0) is 23.5 Å². The lowest BCUT2D eigenvalue weighted by Crippen LogP contribution is -2.21. The van der Waals surface area contributed by atoms with Crippen LogP contribution in [0.2, 0.25) is 0 Å². The van der Waals surface area contributed by atoms with Gasteiger partial charge in [0.15, 0.2) is 0 Å². The van der Waals surface area contributed by atoms with E-state index >= 15 is 0 Å². The molecule has 16 heavy (non-hydrogen) atoms. The van der Waals surface area contributed by atoms with Crippen LogP contribution in [0, 0.1) is 5.92 Å². The van der Waals surface area contributed by atoms with Gasteiger partial charge in [0.2, 0.25) is 5.96 Å². The van der Waals surface area contributed by atoms with Crippen LogP contribution in [-0.4, -0.2) is 12.2 Å². The van der Waals surface area contributed by atoms with E-state index in [4.69, 9.17) is 11.5 Å². The molecule has 4 nitrogen and oxygen atoms in total. The third kappa shape index (κ3) is 4.59. The van der Waals surface area contributed by atoms with Crippen LogP contribution in [0.15, 0.2) is 34.5 Å². The van der Waals surface area contributed by atoms with Crippen LogP contribution >= 0.6 is 0 Å². The molecule has 0 atom stereocenters. The molecule has 1 rings (SSSR count). The van der Waals surface area contributed by atoms with E-state index in [2.05, 4.69) is 36.2 Å². The maximum absolute atomic E-state index is 5.15. The van der Waals surface area contributed by atoms with Crippen molar-refractivity contribution in [3.05, 3.63) is 35.4 Å². The van der Waals surface area contributed by atoms with E-state index in [1.807, 2.05) is 12.1 Å². The highest BCUT2D eigenvalue weighted by Crippen LogP contribution is 2.08. The Kier molecular flexibility index (Phi) is 4.51. The summed E-state index contributed by atoms with van der Waals surface area (Å²) in [6, 6.07) is 8.20. The van der Waals surface area contributed by atoms with Crippen LogP contribution in [0.3, 0.4) is 0 Å². The summed E-state index contributed by atoms with van der Waals surface area (Å²) in [4.78, 5) is 0. The predicted molar refractivity (Wildman–Crippen MR) is 68.4 cm³/mol. The largest absolute Gasteiger partial charge is 0.369 e. The summed E-state index contributed by atoms with van der Waals surface area (Å²) in [5.74, 6) is 0.633. The molecule has 0 aliphatic heterocycles. The maximum Gasteiger partial charge on any atom is 0.211 e. The summed E-state index contributed by atoms with van der Waals surface area (Å²) in [6.45, 7) is 4.40. The Balaban J connectivity index is 2.64. The normalized spacial score (nSPS) is 10.9. The molecule has 0 unspecified atom stereocenters. The Hall–Kier alpha value is -1.84. The second-order valence-electron chi connectivity index (χ2n) is 4.11. The first-order chi connectivity index (χ1) is 7.58. The molecule has 0 bridgehead atoms. The van der Waals surface area contributed by atoms with E-state index < -0.39 is 0 Å². The zero-order valence-electron chi connectivity index (χ0n) is 9.72. The molecule has 1 aromatic carbocycles. The van der Waals surface area contributed by atoms with E-state index in [9.17, 15) is 0 Å². The van der Waals surface area contributed by atoms with Crippen molar-refractivity contribution in [3.8, 4) is 0 Å². The Bertz CT molecular complexity index is 373. The first-order valence-corrected chi connectivity index (χ1v) is 5.29. The van der Waals surface area contributed by atoms with Gasteiger partial charge in [-0.15, -0.1) is 5.10 Å². The zero-order chi connectivity index (χ0) is 12.0. The lowest BCUT2D eigenvalue weighted by Gasteiger charge is -2.04. The van der Waals surface area contributed by atoms with Crippen LogP contribution in [-0.2, 0) is 6.42 Å². The van der Waals surface area contributed by atoms with Gasteiger partial charge in [-0.1, -0.05) is 38.1 Å². The molecule has 1 aromatic rings. The van der Waals surface area contributed by atoms with Gasteiger partial charge in [0, 0.05) is 0 Å². The predicted octanol–water partition coefficient (Wildman–Crippen LogP) is 1.49. The average Bonchev–Trinajstić information content (AvgIpc) is 2.19. The number of nitrogens with two attached hydrogens (primary N) is 2. The molecular weight excluding hydrogens is 200 g/mol. The van der Waals surface area contributed by atoms with E-state index in [1.54, 1.807) is 6.21 Å². The monoisotopic (exact) mass is 218 g/mol. The number of hydrogen-bond acceptors (Lipinski definition) is 2. The molecule has 0 radical (unpaired) electrons. The number of benzene rings is 1. The second kappa shape index (κ2) is 5.90. The van der Waals surface area contributed by atoms with Gasteiger partial charge in [-0.2, -0.15) is 5.10 Å². The first kappa shape index (κ1) is 12.2. The molecule has 0 aromatic heterocycles. The average molecular weight is 218 g/mol. The number of rotatable bonds is 4. The van der Waals surface area contributed by atoms with Crippen LogP contribution < -0.4 is 11.5 Å². The van der Waals surface area contributed by atoms with E-state index in [-0.39, 0.29) is 5.96 Å². The molecule has 86 valence electrons. The fraction of sp³-hybridized carbons (Fsp3) is 0.333. The molecular formula is C12H18N4. The maximum atomic E-state index is 5.15. The summed E-state index contributed by atoms with van der Waals surface area (Å²) in [5, 5.41) is 7.28. The summed E-state index contributed by atoms with van der Waals surface area (Å²) in [6.07, 6.45) is 2.71. The molecule has 0 amide bonds. The van der Waals surface area contributed by atoms with Crippen molar-refractivity contribution in [1.82, 2.24) is 0 Å². The zero-order valence-corrected chi connectivity index (χ0v) is 9.72. The molecule has 0 saturated carbocycles. The molecule has 4 heteroatoms. The summed E-state index contributed by atoms with van der Waals surface area (Å²) in [7, 11) is 0. The minimum Gasteiger partial charge on any atom is -0.369 e. The Morgan fingerprint density at radius 1 is 1.25 bits per heavy atom. The molecule has 0 aliphatic carbocycles. The van der Waals surface area contributed by atoms with Crippen LogP contribution in [0.1, 0.15) is 25.0 Å². The van der Waals surface area contributed by atoms with Crippen molar-refractivity contribution in [2.45, 2.75) is 20.3 Å². The molecule has 0 aliphatic rings. The Morgan fingerprint density at radius 2 is 1.88 bits per heavy atom. The van der Waals surface area contributed by atoms with Crippen molar-refractivity contribution in [2.24, 2.45) is 27.6 Å². The lowest BCUT2D eigenvalue weighted by molar-refractivity contribution is 0.647. The van der Waals surface area contributed by atoms with Gasteiger partial charge in [0.25, 0.3) is 0 Å². The van der Waals surface area contributed by atoms with Crippen LogP contribution in [0.25, 0.3) is 0 Å². The van der Waals surface area contributed by atoms with Gasteiger partial charge in [0.1, 0.15) is 0 Å². The minimum atomic E-state index is -0.0346. The standard InChI is InChI=1S/C12H18N4/c1-9(2)7-10-3-5-11(6-4-10)8-15-16-12(13)14/h3-6,8-9H,7H2,1-2H3,(H4,13,14,16)/b15-8+. The molecule has 0 fully saturated rings. The summed E-state index contributed by atoms with van der Waals surface area (Å²) >= 11 is 0. The summed E-state index contributed by atoms with van der Waals surface area (Å²) in [5.41, 5.74) is 12.6. The fourth-order valence-electron chi connectivity index (χ4n) is 1.37. The quantitative estimate of drug-likeness (QED) is 0.456. The molecule has 0 heterocycles.